The first-order valence-electron chi connectivity index (χ1n) is 7.95. The second kappa shape index (κ2) is 9.18. The smallest absolute Gasteiger partial charge is 0.338 e. The fourth-order valence-corrected chi connectivity index (χ4v) is 3.62. The fourth-order valence-electron chi connectivity index (χ4n) is 2.15. The number of rotatable bonds is 8. The van der Waals surface area contributed by atoms with Crippen molar-refractivity contribution in [1.82, 2.24) is 4.47 Å². The number of esters is 1. The predicted molar refractivity (Wildman–Crippen MR) is 100 cm³/mol. The number of aryl methyl sites for hydroxylation is 1. The van der Waals surface area contributed by atoms with Crippen LogP contribution in [0, 0.1) is 6.92 Å². The van der Waals surface area contributed by atoms with Crippen molar-refractivity contribution in [2.24, 2.45) is 0 Å². The molecule has 0 radical (unpaired) electrons. The van der Waals surface area contributed by atoms with E-state index in [0.29, 0.717) is 10.2 Å². The van der Waals surface area contributed by atoms with E-state index in [1.54, 1.807) is 6.07 Å². The Hall–Kier alpha value is -2.13. The highest BCUT2D eigenvalue weighted by atomic mass is 35.5. The summed E-state index contributed by atoms with van der Waals surface area (Å²) in [6.07, 6.45) is 0. The molecule has 0 saturated carbocycles. The average Bonchev–Trinajstić information content (AvgIpc) is 2.64. The lowest BCUT2D eigenvalue weighted by atomic mass is 10.2. The summed E-state index contributed by atoms with van der Waals surface area (Å²) in [5.41, 5.74) is 1.11. The second-order valence-electron chi connectivity index (χ2n) is 5.54. The summed E-state index contributed by atoms with van der Waals surface area (Å²) in [7, 11) is -1.57. The summed E-state index contributed by atoms with van der Waals surface area (Å²) < 4.78 is 36.0. The third kappa shape index (κ3) is 5.43. The van der Waals surface area contributed by atoms with Crippen LogP contribution in [0.4, 0.5) is 0 Å². The zero-order chi connectivity index (χ0) is 20.0. The van der Waals surface area contributed by atoms with E-state index in [2.05, 4.69) is 0 Å². The van der Waals surface area contributed by atoms with Gasteiger partial charge >= 0.3 is 5.97 Å². The normalized spacial score (nSPS) is 11.4. The molecule has 2 rings (SSSR count). The van der Waals surface area contributed by atoms with Gasteiger partial charge in [-0.1, -0.05) is 28.2 Å². The van der Waals surface area contributed by atoms with Gasteiger partial charge in [-0.05, 0) is 42.8 Å². The number of sulfonamides is 1. The first-order chi connectivity index (χ1) is 12.8. The van der Waals surface area contributed by atoms with Gasteiger partial charge in [-0.2, -0.15) is 0 Å². The van der Waals surface area contributed by atoms with Crippen molar-refractivity contribution in [2.75, 3.05) is 27.4 Å². The predicted octanol–water partition coefficient (Wildman–Crippen LogP) is 3.07. The minimum absolute atomic E-state index is 0.00938. The lowest BCUT2D eigenvalue weighted by molar-refractivity contribution is -0.0258. The van der Waals surface area contributed by atoms with Crippen molar-refractivity contribution < 1.29 is 27.5 Å². The molecule has 7 nitrogen and oxygen atoms in total. The largest absolute Gasteiger partial charge is 0.490 e. The van der Waals surface area contributed by atoms with Gasteiger partial charge in [0.15, 0.2) is 0 Å². The lowest BCUT2D eigenvalue weighted by Gasteiger charge is -2.15. The molecule has 0 atom stereocenters. The molecule has 2 aromatic carbocycles. The van der Waals surface area contributed by atoms with Gasteiger partial charge in [0.2, 0.25) is 0 Å². The van der Waals surface area contributed by atoms with Crippen LogP contribution >= 0.6 is 11.6 Å². The Morgan fingerprint density at radius 3 is 2.56 bits per heavy atom. The average molecular weight is 414 g/mol. The summed E-state index contributed by atoms with van der Waals surface area (Å²) in [5, 5.41) is -0.0294. The van der Waals surface area contributed by atoms with Gasteiger partial charge in [0.1, 0.15) is 23.9 Å². The molecule has 9 heteroatoms. The third-order valence-corrected chi connectivity index (χ3v) is 5.78. The van der Waals surface area contributed by atoms with Gasteiger partial charge in [0.25, 0.3) is 10.0 Å². The molecule has 0 amide bonds. The van der Waals surface area contributed by atoms with Crippen LogP contribution in [0.15, 0.2) is 47.4 Å². The van der Waals surface area contributed by atoms with Gasteiger partial charge in [-0.25, -0.2) is 13.2 Å². The zero-order valence-corrected chi connectivity index (χ0v) is 16.7. The molecule has 2 aromatic rings. The number of hydrogen-bond donors (Lipinski definition) is 0. The Morgan fingerprint density at radius 2 is 1.89 bits per heavy atom. The SMILES string of the molecule is CON(C)S(=O)(=O)c1cc(C(=O)OCCOc2cccc(C)c2)ccc1Cl. The highest BCUT2D eigenvalue weighted by Crippen LogP contribution is 2.25. The lowest BCUT2D eigenvalue weighted by Crippen LogP contribution is -2.26. The molecule has 0 heterocycles. The van der Waals surface area contributed by atoms with Crippen molar-refractivity contribution in [3.8, 4) is 5.75 Å². The Bertz CT molecular complexity index is 916. The zero-order valence-electron chi connectivity index (χ0n) is 15.1. The quantitative estimate of drug-likeness (QED) is 0.376. The Balaban J connectivity index is 2.01. The first kappa shape index (κ1) is 21.2. The van der Waals surface area contributed by atoms with Crippen LogP contribution < -0.4 is 4.74 Å². The molecule has 0 fully saturated rings. The highest BCUT2D eigenvalue weighted by Gasteiger charge is 2.25. The van der Waals surface area contributed by atoms with Gasteiger partial charge < -0.3 is 9.47 Å². The first-order valence-corrected chi connectivity index (χ1v) is 9.76. The molecule has 0 aromatic heterocycles. The third-order valence-electron chi connectivity index (χ3n) is 3.62. The molecule has 27 heavy (non-hydrogen) atoms. The van der Waals surface area contributed by atoms with E-state index >= 15 is 0 Å². The number of hydroxylamine groups is 1. The number of ether oxygens (including phenoxy) is 2. The molecule has 0 spiro atoms. The van der Waals surface area contributed by atoms with E-state index < -0.39 is 16.0 Å². The summed E-state index contributed by atoms with van der Waals surface area (Å²) in [6.45, 7) is 2.12. The molecule has 0 bridgehead atoms. The second-order valence-corrected chi connectivity index (χ2v) is 7.85. The van der Waals surface area contributed by atoms with Crippen LogP contribution in [0.2, 0.25) is 5.02 Å². The molecule has 0 aliphatic carbocycles. The monoisotopic (exact) mass is 413 g/mol. The number of carbonyl (C=O) groups is 1. The van der Waals surface area contributed by atoms with Crippen molar-refractivity contribution in [2.45, 2.75) is 11.8 Å². The number of nitrogens with zero attached hydrogens (tertiary/aromatic N) is 1. The van der Waals surface area contributed by atoms with Crippen LogP contribution in [0.5, 0.6) is 5.75 Å². The van der Waals surface area contributed by atoms with Crippen molar-refractivity contribution in [1.29, 1.82) is 0 Å². The van der Waals surface area contributed by atoms with E-state index in [1.807, 2.05) is 25.1 Å². The topological polar surface area (TPSA) is 82.1 Å². The fraction of sp³-hybridized carbons (Fsp3) is 0.278. The number of carbonyl (C=O) groups excluding carboxylic acids is 1. The molecule has 0 unspecified atom stereocenters. The molecule has 0 aliphatic heterocycles. The van der Waals surface area contributed by atoms with Crippen molar-refractivity contribution in [3.05, 3.63) is 58.6 Å². The number of benzene rings is 2. The molecule has 0 saturated heterocycles. The number of halogens is 1. The molecular formula is C18H20ClNO6S. The molecule has 0 aliphatic rings. The summed E-state index contributed by atoms with van der Waals surface area (Å²) in [4.78, 5) is 16.6. The maximum atomic E-state index is 12.3. The summed E-state index contributed by atoms with van der Waals surface area (Å²) in [5.74, 6) is -0.00967. The van der Waals surface area contributed by atoms with Crippen LogP contribution in [-0.2, 0) is 19.6 Å². The number of hydrogen-bond acceptors (Lipinski definition) is 6. The Labute approximate surface area is 163 Å². The van der Waals surface area contributed by atoms with E-state index in [-0.39, 0.29) is 28.7 Å². The van der Waals surface area contributed by atoms with Gasteiger partial charge in [0.05, 0.1) is 17.7 Å². The van der Waals surface area contributed by atoms with Crippen LogP contribution in [0.1, 0.15) is 15.9 Å². The van der Waals surface area contributed by atoms with Crippen LogP contribution in [0.25, 0.3) is 0 Å². The Kier molecular flexibility index (Phi) is 7.20. The van der Waals surface area contributed by atoms with Gasteiger partial charge in [-0.3, -0.25) is 4.84 Å². The minimum atomic E-state index is -3.99. The molecule has 0 N–H and O–H groups in total. The maximum Gasteiger partial charge on any atom is 0.338 e. The van der Waals surface area contributed by atoms with E-state index in [9.17, 15) is 13.2 Å². The highest BCUT2D eigenvalue weighted by molar-refractivity contribution is 7.89. The van der Waals surface area contributed by atoms with Crippen LogP contribution in [-0.4, -0.2) is 46.2 Å². The van der Waals surface area contributed by atoms with Gasteiger partial charge in [-0.15, -0.1) is 0 Å². The van der Waals surface area contributed by atoms with Gasteiger partial charge in [0, 0.05) is 7.05 Å². The minimum Gasteiger partial charge on any atom is -0.490 e. The summed E-state index contributed by atoms with van der Waals surface area (Å²) in [6, 6.07) is 11.3. The maximum absolute atomic E-state index is 12.3. The van der Waals surface area contributed by atoms with E-state index in [0.717, 1.165) is 11.6 Å². The molecule has 146 valence electrons. The Morgan fingerprint density at radius 1 is 1.15 bits per heavy atom. The molecular weight excluding hydrogens is 394 g/mol. The van der Waals surface area contributed by atoms with Crippen molar-refractivity contribution >= 4 is 27.6 Å². The van der Waals surface area contributed by atoms with E-state index in [4.69, 9.17) is 25.9 Å². The standard InChI is InChI=1S/C18H20ClNO6S/c1-13-5-4-6-15(11-13)25-9-10-26-18(21)14-7-8-16(19)17(12-14)27(22,23)20(2)24-3/h4-8,11-12H,9-10H2,1-3H3. The van der Waals surface area contributed by atoms with Crippen LogP contribution in [0.3, 0.4) is 0 Å². The van der Waals surface area contributed by atoms with E-state index in [1.165, 1.54) is 26.3 Å². The summed E-state index contributed by atoms with van der Waals surface area (Å²) >= 11 is 5.96. The van der Waals surface area contributed by atoms with Crippen molar-refractivity contribution in [3.63, 3.8) is 0 Å².